The van der Waals surface area contributed by atoms with E-state index in [-0.39, 0.29) is 0 Å². The Labute approximate surface area is 67.2 Å². The summed E-state index contributed by atoms with van der Waals surface area (Å²) in [7, 11) is 0. The van der Waals surface area contributed by atoms with Crippen LogP contribution in [0.5, 0.6) is 0 Å². The maximum atomic E-state index is 3.56. The van der Waals surface area contributed by atoms with E-state index in [1.807, 2.05) is 0 Å². The first kappa shape index (κ1) is 9.48. The Kier molecular flexibility index (Phi) is 5.56. The largest absolute Gasteiger partial charge is 0.0894 e. The molecule has 0 bridgehead atoms. The van der Waals surface area contributed by atoms with E-state index in [0.717, 1.165) is 5.92 Å². The van der Waals surface area contributed by atoms with Gasteiger partial charge in [-0.1, -0.05) is 49.5 Å². The minimum absolute atomic E-state index is 0.697. The highest BCUT2D eigenvalue weighted by Crippen LogP contribution is 2.18. The van der Waals surface area contributed by atoms with Gasteiger partial charge in [-0.25, -0.2) is 0 Å². The van der Waals surface area contributed by atoms with E-state index in [2.05, 4.69) is 36.7 Å². The fraction of sp³-hybridized carbons (Fsp3) is 1.00. The Morgan fingerprint density at radius 3 is 1.78 bits per heavy atom. The summed E-state index contributed by atoms with van der Waals surface area (Å²) >= 11 is 3.56. The van der Waals surface area contributed by atoms with Crippen LogP contribution in [0, 0.1) is 5.92 Å². The van der Waals surface area contributed by atoms with Crippen molar-refractivity contribution in [1.29, 1.82) is 0 Å². The van der Waals surface area contributed by atoms with E-state index in [4.69, 9.17) is 0 Å². The third kappa shape index (κ3) is 4.95. The first-order chi connectivity index (χ1) is 4.20. The van der Waals surface area contributed by atoms with E-state index in [1.165, 1.54) is 19.3 Å². The lowest BCUT2D eigenvalue weighted by molar-refractivity contribution is 0.458. The van der Waals surface area contributed by atoms with Gasteiger partial charge < -0.3 is 0 Å². The topological polar surface area (TPSA) is 0 Å². The molecule has 0 aliphatic rings. The van der Waals surface area contributed by atoms with Crippen molar-refractivity contribution in [3.63, 3.8) is 0 Å². The molecule has 0 saturated heterocycles. The van der Waals surface area contributed by atoms with Crippen molar-refractivity contribution in [3.8, 4) is 0 Å². The monoisotopic (exact) mass is 192 g/mol. The van der Waals surface area contributed by atoms with E-state index < -0.39 is 0 Å². The Morgan fingerprint density at radius 2 is 1.67 bits per heavy atom. The predicted molar refractivity (Wildman–Crippen MR) is 47.1 cm³/mol. The number of hydrogen-bond donors (Lipinski definition) is 0. The van der Waals surface area contributed by atoms with Crippen LogP contribution < -0.4 is 0 Å². The first-order valence-electron chi connectivity index (χ1n) is 3.84. The van der Waals surface area contributed by atoms with Gasteiger partial charge in [-0.2, -0.15) is 0 Å². The quantitative estimate of drug-likeness (QED) is 0.598. The molecular formula is C8H17Br. The second-order valence-electron chi connectivity index (χ2n) is 2.70. The average Bonchev–Trinajstić information content (AvgIpc) is 1.82. The minimum atomic E-state index is 0.697. The molecule has 0 aromatic carbocycles. The van der Waals surface area contributed by atoms with Crippen molar-refractivity contribution in [1.82, 2.24) is 0 Å². The Hall–Kier alpha value is 0.480. The summed E-state index contributed by atoms with van der Waals surface area (Å²) in [4.78, 5) is 0.697. The van der Waals surface area contributed by atoms with Gasteiger partial charge in [0, 0.05) is 4.83 Å². The third-order valence-corrected chi connectivity index (χ3v) is 2.19. The van der Waals surface area contributed by atoms with Crippen molar-refractivity contribution in [3.05, 3.63) is 0 Å². The zero-order chi connectivity index (χ0) is 7.28. The van der Waals surface area contributed by atoms with E-state index in [1.54, 1.807) is 0 Å². The molecule has 0 aliphatic carbocycles. The maximum Gasteiger partial charge on any atom is 0.0120 e. The SMILES string of the molecule is CCC(CC)CC(C)Br. The fourth-order valence-electron chi connectivity index (χ4n) is 1.08. The van der Waals surface area contributed by atoms with Crippen molar-refractivity contribution < 1.29 is 0 Å². The molecule has 0 fully saturated rings. The minimum Gasteiger partial charge on any atom is -0.0894 e. The lowest BCUT2D eigenvalue weighted by Gasteiger charge is -2.12. The van der Waals surface area contributed by atoms with Crippen molar-refractivity contribution >= 4 is 15.9 Å². The summed E-state index contributed by atoms with van der Waals surface area (Å²) in [6, 6.07) is 0. The second kappa shape index (κ2) is 5.28. The summed E-state index contributed by atoms with van der Waals surface area (Å²) in [5.41, 5.74) is 0. The lowest BCUT2D eigenvalue weighted by Crippen LogP contribution is -2.02. The Bertz CT molecular complexity index is 55.6. The van der Waals surface area contributed by atoms with Gasteiger partial charge in [-0.05, 0) is 12.3 Å². The highest BCUT2D eigenvalue weighted by molar-refractivity contribution is 9.09. The van der Waals surface area contributed by atoms with Crippen LogP contribution in [0.4, 0.5) is 0 Å². The van der Waals surface area contributed by atoms with Gasteiger partial charge in [-0.3, -0.25) is 0 Å². The number of alkyl halides is 1. The summed E-state index contributed by atoms with van der Waals surface area (Å²) in [6.45, 7) is 6.76. The van der Waals surface area contributed by atoms with Crippen LogP contribution in [-0.2, 0) is 0 Å². The highest BCUT2D eigenvalue weighted by Gasteiger charge is 2.05. The van der Waals surface area contributed by atoms with Crippen LogP contribution in [0.15, 0.2) is 0 Å². The van der Waals surface area contributed by atoms with Crippen LogP contribution in [0.2, 0.25) is 0 Å². The molecule has 0 amide bonds. The normalized spacial score (nSPS) is 14.3. The smallest absolute Gasteiger partial charge is 0.0120 e. The Morgan fingerprint density at radius 1 is 1.22 bits per heavy atom. The molecule has 0 heterocycles. The summed E-state index contributed by atoms with van der Waals surface area (Å²) < 4.78 is 0. The molecule has 0 aliphatic heterocycles. The molecular weight excluding hydrogens is 176 g/mol. The molecule has 56 valence electrons. The number of halogens is 1. The second-order valence-corrected chi connectivity index (χ2v) is 4.26. The van der Waals surface area contributed by atoms with Gasteiger partial charge in [0.05, 0.1) is 0 Å². The van der Waals surface area contributed by atoms with Gasteiger partial charge in [0.15, 0.2) is 0 Å². The zero-order valence-corrected chi connectivity index (χ0v) is 8.24. The molecule has 9 heavy (non-hydrogen) atoms. The van der Waals surface area contributed by atoms with Gasteiger partial charge in [0.1, 0.15) is 0 Å². The van der Waals surface area contributed by atoms with Gasteiger partial charge in [0.2, 0.25) is 0 Å². The summed E-state index contributed by atoms with van der Waals surface area (Å²) in [5, 5.41) is 0. The van der Waals surface area contributed by atoms with Crippen LogP contribution in [0.1, 0.15) is 40.0 Å². The molecule has 0 N–H and O–H groups in total. The molecule has 0 spiro atoms. The van der Waals surface area contributed by atoms with Crippen LogP contribution in [-0.4, -0.2) is 4.83 Å². The standard InChI is InChI=1S/C8H17Br/c1-4-8(5-2)6-7(3)9/h7-8H,4-6H2,1-3H3. The van der Waals surface area contributed by atoms with Gasteiger partial charge in [0.25, 0.3) is 0 Å². The van der Waals surface area contributed by atoms with Crippen LogP contribution >= 0.6 is 15.9 Å². The fourth-order valence-corrected chi connectivity index (χ4v) is 1.61. The van der Waals surface area contributed by atoms with E-state index in [9.17, 15) is 0 Å². The molecule has 0 aromatic heterocycles. The molecule has 1 unspecified atom stereocenters. The lowest BCUT2D eigenvalue weighted by atomic mass is 9.98. The van der Waals surface area contributed by atoms with Crippen LogP contribution in [0.25, 0.3) is 0 Å². The molecule has 1 atom stereocenters. The molecule has 0 nitrogen and oxygen atoms in total. The van der Waals surface area contributed by atoms with Gasteiger partial charge >= 0.3 is 0 Å². The number of rotatable bonds is 4. The number of hydrogen-bond acceptors (Lipinski definition) is 0. The van der Waals surface area contributed by atoms with Gasteiger partial charge in [-0.15, -0.1) is 0 Å². The zero-order valence-electron chi connectivity index (χ0n) is 6.65. The predicted octanol–water partition coefficient (Wildman–Crippen LogP) is 3.60. The van der Waals surface area contributed by atoms with E-state index in [0.29, 0.717) is 4.83 Å². The summed E-state index contributed by atoms with van der Waals surface area (Å²) in [6.07, 6.45) is 3.98. The first-order valence-corrected chi connectivity index (χ1v) is 4.76. The van der Waals surface area contributed by atoms with Crippen LogP contribution in [0.3, 0.4) is 0 Å². The molecule has 0 saturated carbocycles. The summed E-state index contributed by atoms with van der Waals surface area (Å²) in [5.74, 6) is 0.930. The van der Waals surface area contributed by atoms with Crippen molar-refractivity contribution in [2.75, 3.05) is 0 Å². The maximum absolute atomic E-state index is 3.56. The Balaban J connectivity index is 3.31. The molecule has 0 aromatic rings. The third-order valence-electron chi connectivity index (χ3n) is 1.81. The molecule has 1 heteroatoms. The molecule has 0 radical (unpaired) electrons. The van der Waals surface area contributed by atoms with E-state index >= 15 is 0 Å². The molecule has 0 rings (SSSR count). The van der Waals surface area contributed by atoms with Crippen molar-refractivity contribution in [2.45, 2.75) is 44.9 Å². The highest BCUT2D eigenvalue weighted by atomic mass is 79.9. The van der Waals surface area contributed by atoms with Crippen molar-refractivity contribution in [2.24, 2.45) is 5.92 Å². The average molecular weight is 193 g/mol.